The van der Waals surface area contributed by atoms with Gasteiger partial charge in [0.25, 0.3) is 0 Å². The topological polar surface area (TPSA) is 58.1 Å². The molecule has 0 spiro atoms. The Morgan fingerprint density at radius 1 is 1.18 bits per heavy atom. The molecule has 3 rings (SSSR count). The van der Waals surface area contributed by atoms with E-state index in [9.17, 15) is 0 Å². The van der Waals surface area contributed by atoms with Crippen LogP contribution in [0.1, 0.15) is 51.6 Å². The molecule has 0 aromatic heterocycles. The summed E-state index contributed by atoms with van der Waals surface area (Å²) >= 11 is 0. The standard InChI is InChI=1S/C22H36N4O2/c1-5-27-20-10-7-18(13-21(20)28-6-2)16(3)25-22(23-4)24-14-17-11-12-26(15-17)19-8-9-19/h7,10,13,16-17,19H,5-6,8-9,11-12,14-15H2,1-4H3,(H2,23,24,25). The van der Waals surface area contributed by atoms with Crippen molar-refractivity contribution in [1.82, 2.24) is 15.5 Å². The van der Waals surface area contributed by atoms with Gasteiger partial charge in [0.1, 0.15) is 0 Å². The van der Waals surface area contributed by atoms with Crippen LogP contribution < -0.4 is 20.1 Å². The zero-order chi connectivity index (χ0) is 19.9. The summed E-state index contributed by atoms with van der Waals surface area (Å²) in [6, 6.07) is 7.13. The molecule has 1 saturated carbocycles. The van der Waals surface area contributed by atoms with Crippen LogP contribution in [-0.4, -0.2) is 56.8 Å². The van der Waals surface area contributed by atoms with Crippen LogP contribution in [0.4, 0.5) is 0 Å². The lowest BCUT2D eigenvalue weighted by molar-refractivity contribution is 0.287. The predicted molar refractivity (Wildman–Crippen MR) is 114 cm³/mol. The molecule has 0 amide bonds. The molecule has 156 valence electrons. The van der Waals surface area contributed by atoms with E-state index in [1.807, 2.05) is 27.0 Å². The zero-order valence-corrected chi connectivity index (χ0v) is 17.8. The lowest BCUT2D eigenvalue weighted by atomic mass is 10.1. The molecular weight excluding hydrogens is 352 g/mol. The minimum absolute atomic E-state index is 0.118. The second-order valence-corrected chi connectivity index (χ2v) is 7.77. The third-order valence-electron chi connectivity index (χ3n) is 5.58. The van der Waals surface area contributed by atoms with Crippen molar-refractivity contribution in [1.29, 1.82) is 0 Å². The number of rotatable bonds is 9. The van der Waals surface area contributed by atoms with Gasteiger partial charge in [-0.3, -0.25) is 4.99 Å². The summed E-state index contributed by atoms with van der Waals surface area (Å²) in [6.07, 6.45) is 4.08. The molecule has 1 saturated heterocycles. The van der Waals surface area contributed by atoms with E-state index in [1.54, 1.807) is 0 Å². The quantitative estimate of drug-likeness (QED) is 0.503. The number of likely N-dealkylation sites (tertiary alicyclic amines) is 1. The molecule has 1 aromatic carbocycles. The van der Waals surface area contributed by atoms with Gasteiger partial charge in [0, 0.05) is 26.2 Å². The first-order valence-corrected chi connectivity index (χ1v) is 10.7. The SMILES string of the molecule is CCOc1ccc(C(C)NC(=NC)NCC2CCN(C3CC3)C2)cc1OCC. The number of nitrogens with zero attached hydrogens (tertiary/aromatic N) is 2. The first-order chi connectivity index (χ1) is 13.6. The Hall–Kier alpha value is -1.95. The maximum Gasteiger partial charge on any atom is 0.191 e. The average molecular weight is 389 g/mol. The Kier molecular flexibility index (Phi) is 7.43. The van der Waals surface area contributed by atoms with Gasteiger partial charge in [-0.2, -0.15) is 0 Å². The normalized spacial score (nSPS) is 21.4. The number of ether oxygens (including phenoxy) is 2. The molecule has 2 fully saturated rings. The van der Waals surface area contributed by atoms with E-state index in [-0.39, 0.29) is 6.04 Å². The molecule has 1 heterocycles. The molecule has 6 heteroatoms. The van der Waals surface area contributed by atoms with Gasteiger partial charge in [0.2, 0.25) is 0 Å². The molecule has 1 aliphatic heterocycles. The monoisotopic (exact) mass is 388 g/mol. The van der Waals surface area contributed by atoms with E-state index in [4.69, 9.17) is 9.47 Å². The second-order valence-electron chi connectivity index (χ2n) is 7.77. The van der Waals surface area contributed by atoms with Gasteiger partial charge in [-0.25, -0.2) is 0 Å². The Bertz CT molecular complexity index is 660. The highest BCUT2D eigenvalue weighted by molar-refractivity contribution is 5.80. The third-order valence-corrected chi connectivity index (χ3v) is 5.58. The fourth-order valence-electron chi connectivity index (χ4n) is 3.86. The van der Waals surface area contributed by atoms with Crippen molar-refractivity contribution in [3.63, 3.8) is 0 Å². The molecule has 1 aromatic rings. The van der Waals surface area contributed by atoms with Crippen molar-refractivity contribution in [2.75, 3.05) is 39.9 Å². The van der Waals surface area contributed by atoms with Crippen LogP contribution >= 0.6 is 0 Å². The Morgan fingerprint density at radius 3 is 2.61 bits per heavy atom. The molecule has 28 heavy (non-hydrogen) atoms. The van der Waals surface area contributed by atoms with Crippen molar-refractivity contribution < 1.29 is 9.47 Å². The van der Waals surface area contributed by atoms with Crippen LogP contribution in [0.15, 0.2) is 23.2 Å². The van der Waals surface area contributed by atoms with Crippen molar-refractivity contribution in [2.24, 2.45) is 10.9 Å². The highest BCUT2D eigenvalue weighted by Crippen LogP contribution is 2.32. The summed E-state index contributed by atoms with van der Waals surface area (Å²) in [5.74, 6) is 3.16. The smallest absolute Gasteiger partial charge is 0.191 e. The predicted octanol–water partition coefficient (Wildman–Crippen LogP) is 3.19. The molecule has 2 aliphatic rings. The van der Waals surface area contributed by atoms with Crippen LogP contribution in [0.3, 0.4) is 0 Å². The Balaban J connectivity index is 1.53. The van der Waals surface area contributed by atoms with Crippen LogP contribution in [0.5, 0.6) is 11.5 Å². The second kappa shape index (κ2) is 10.0. The maximum absolute atomic E-state index is 5.76. The zero-order valence-electron chi connectivity index (χ0n) is 17.8. The van der Waals surface area contributed by atoms with Gasteiger partial charge in [-0.05, 0) is 70.2 Å². The first kappa shape index (κ1) is 20.8. The lowest BCUT2D eigenvalue weighted by Crippen LogP contribution is -2.41. The van der Waals surface area contributed by atoms with Gasteiger partial charge in [0.05, 0.1) is 19.3 Å². The van der Waals surface area contributed by atoms with Crippen molar-refractivity contribution in [3.8, 4) is 11.5 Å². The summed E-state index contributed by atoms with van der Waals surface area (Å²) in [5.41, 5.74) is 1.15. The Labute approximate surface area is 169 Å². The first-order valence-electron chi connectivity index (χ1n) is 10.7. The van der Waals surface area contributed by atoms with Gasteiger partial charge >= 0.3 is 0 Å². The van der Waals surface area contributed by atoms with Gasteiger partial charge in [0.15, 0.2) is 17.5 Å². The maximum atomic E-state index is 5.76. The highest BCUT2D eigenvalue weighted by atomic mass is 16.5. The van der Waals surface area contributed by atoms with Crippen LogP contribution in [-0.2, 0) is 0 Å². The average Bonchev–Trinajstić information content (AvgIpc) is 3.45. The van der Waals surface area contributed by atoms with Crippen molar-refractivity contribution in [3.05, 3.63) is 23.8 Å². The van der Waals surface area contributed by atoms with Gasteiger partial charge in [-0.1, -0.05) is 6.07 Å². The molecule has 1 aliphatic carbocycles. The fourth-order valence-corrected chi connectivity index (χ4v) is 3.86. The largest absolute Gasteiger partial charge is 0.490 e. The van der Waals surface area contributed by atoms with E-state index in [0.717, 1.165) is 35.6 Å². The van der Waals surface area contributed by atoms with E-state index < -0.39 is 0 Å². The molecule has 2 N–H and O–H groups in total. The number of nitrogens with one attached hydrogen (secondary N) is 2. The molecule has 0 radical (unpaired) electrons. The number of hydrogen-bond donors (Lipinski definition) is 2. The highest BCUT2D eigenvalue weighted by Gasteiger charge is 2.34. The third kappa shape index (κ3) is 5.53. The van der Waals surface area contributed by atoms with Gasteiger partial charge in [-0.15, -0.1) is 0 Å². The van der Waals surface area contributed by atoms with Gasteiger partial charge < -0.3 is 25.0 Å². The summed E-state index contributed by atoms with van der Waals surface area (Å²) in [4.78, 5) is 7.06. The number of benzene rings is 1. The van der Waals surface area contributed by atoms with E-state index >= 15 is 0 Å². The summed E-state index contributed by atoms with van der Waals surface area (Å²) < 4.78 is 11.4. The van der Waals surface area contributed by atoms with Crippen molar-refractivity contribution in [2.45, 2.75) is 52.1 Å². The van der Waals surface area contributed by atoms with Crippen LogP contribution in [0.25, 0.3) is 0 Å². The summed E-state index contributed by atoms with van der Waals surface area (Å²) in [5, 5.41) is 7.02. The number of aliphatic imine (C=N–C) groups is 1. The summed E-state index contributed by atoms with van der Waals surface area (Å²) in [6.45, 7) is 10.8. The minimum atomic E-state index is 0.118. The van der Waals surface area contributed by atoms with Crippen molar-refractivity contribution >= 4 is 5.96 Å². The molecule has 2 atom stereocenters. The molecule has 6 nitrogen and oxygen atoms in total. The molecule has 0 bridgehead atoms. The Morgan fingerprint density at radius 2 is 1.93 bits per heavy atom. The minimum Gasteiger partial charge on any atom is -0.490 e. The van der Waals surface area contributed by atoms with E-state index in [2.05, 4.69) is 39.6 Å². The van der Waals surface area contributed by atoms with E-state index in [1.165, 1.54) is 32.4 Å². The number of guanidine groups is 1. The summed E-state index contributed by atoms with van der Waals surface area (Å²) in [7, 11) is 1.83. The molecule has 2 unspecified atom stereocenters. The fraction of sp³-hybridized carbons (Fsp3) is 0.682. The van der Waals surface area contributed by atoms with Crippen LogP contribution in [0.2, 0.25) is 0 Å². The van der Waals surface area contributed by atoms with E-state index in [0.29, 0.717) is 19.1 Å². The number of hydrogen-bond acceptors (Lipinski definition) is 4. The van der Waals surface area contributed by atoms with Crippen LogP contribution in [0, 0.1) is 5.92 Å². The molecular formula is C22H36N4O2. The lowest BCUT2D eigenvalue weighted by Gasteiger charge is -2.21.